The van der Waals surface area contributed by atoms with Gasteiger partial charge in [0.25, 0.3) is 0 Å². The molecule has 0 saturated carbocycles. The predicted molar refractivity (Wildman–Crippen MR) is 150 cm³/mol. The fourth-order valence-corrected chi connectivity index (χ4v) is 5.13. The van der Waals surface area contributed by atoms with E-state index in [-0.39, 0.29) is 6.03 Å². The van der Waals surface area contributed by atoms with Gasteiger partial charge in [0.05, 0.1) is 11.3 Å². The van der Waals surface area contributed by atoms with E-state index in [4.69, 9.17) is 8.76 Å². The van der Waals surface area contributed by atoms with Gasteiger partial charge >= 0.3 is 12.2 Å². The highest BCUT2D eigenvalue weighted by atomic mass is 32.2. The van der Waals surface area contributed by atoms with E-state index in [1.165, 1.54) is 29.7 Å². The molecule has 38 heavy (non-hydrogen) atoms. The quantitative estimate of drug-likeness (QED) is 0.247. The number of hydrogen-bond acceptors (Lipinski definition) is 5. The standard InChI is InChI=1S/C25H29F3N4OS.CH4O2S/c1-18-4-7-20(8-5-18)30-24(33)29-10-2-3-11-31-12-14-32(15-13-31)22-17-34-23-16-19(25(26,27)28)6-9-21(22)23;1-4(2)3/h4-9,16-17H,2-3,10-15H2,1H3,(H2,29,30,33);1H3,(H,2,3). The Labute approximate surface area is 227 Å². The number of piperazine rings is 1. The summed E-state index contributed by atoms with van der Waals surface area (Å²) < 4.78 is 56.2. The van der Waals surface area contributed by atoms with Crippen molar-refractivity contribution in [3.05, 3.63) is 59.0 Å². The van der Waals surface area contributed by atoms with Crippen molar-refractivity contribution < 1.29 is 26.7 Å². The van der Waals surface area contributed by atoms with Gasteiger partial charge in [-0.1, -0.05) is 23.8 Å². The first-order valence-electron chi connectivity index (χ1n) is 12.2. The summed E-state index contributed by atoms with van der Waals surface area (Å²) in [5.41, 5.74) is 2.35. The summed E-state index contributed by atoms with van der Waals surface area (Å²) in [4.78, 5) is 16.6. The van der Waals surface area contributed by atoms with Crippen LogP contribution >= 0.6 is 11.3 Å². The molecule has 3 N–H and O–H groups in total. The molecular formula is C26H33F3N4O3S2. The Morgan fingerprint density at radius 1 is 1.08 bits per heavy atom. The molecule has 1 fully saturated rings. The first-order valence-corrected chi connectivity index (χ1v) is 14.6. The number of aryl methyl sites for hydroxylation is 1. The van der Waals surface area contributed by atoms with E-state index < -0.39 is 22.8 Å². The molecule has 2 heterocycles. The number of hydrogen-bond donors (Lipinski definition) is 3. The van der Waals surface area contributed by atoms with Gasteiger partial charge in [-0.05, 0) is 50.6 Å². The van der Waals surface area contributed by atoms with Crippen LogP contribution in [-0.2, 0) is 17.3 Å². The van der Waals surface area contributed by atoms with Crippen LogP contribution in [0.3, 0.4) is 0 Å². The average Bonchev–Trinajstić information content (AvgIpc) is 3.28. The summed E-state index contributed by atoms with van der Waals surface area (Å²) in [6.07, 6.45) is -1.23. The van der Waals surface area contributed by atoms with Crippen molar-refractivity contribution in [1.82, 2.24) is 10.2 Å². The van der Waals surface area contributed by atoms with Crippen LogP contribution in [0.25, 0.3) is 10.1 Å². The Bertz CT molecular complexity index is 1210. The van der Waals surface area contributed by atoms with Crippen LogP contribution in [0.2, 0.25) is 0 Å². The number of benzene rings is 2. The second kappa shape index (κ2) is 13.9. The lowest BCUT2D eigenvalue weighted by Gasteiger charge is -2.36. The van der Waals surface area contributed by atoms with Crippen molar-refractivity contribution in [2.75, 3.05) is 55.7 Å². The molecule has 3 aromatic rings. The van der Waals surface area contributed by atoms with Gasteiger partial charge in [-0.15, -0.1) is 11.3 Å². The number of alkyl halides is 3. The topological polar surface area (TPSA) is 84.9 Å². The van der Waals surface area contributed by atoms with E-state index in [1.54, 1.807) is 6.07 Å². The molecule has 0 aliphatic carbocycles. The highest BCUT2D eigenvalue weighted by molar-refractivity contribution is 7.78. The minimum atomic E-state index is -4.32. The molecule has 2 amide bonds. The van der Waals surface area contributed by atoms with E-state index >= 15 is 0 Å². The zero-order valence-corrected chi connectivity index (χ0v) is 23.0. The number of carbonyl (C=O) groups is 1. The van der Waals surface area contributed by atoms with E-state index in [2.05, 4.69) is 20.4 Å². The Morgan fingerprint density at radius 3 is 2.37 bits per heavy atom. The number of rotatable bonds is 7. The van der Waals surface area contributed by atoms with Crippen LogP contribution in [0.1, 0.15) is 24.0 Å². The minimum Gasteiger partial charge on any atom is -0.368 e. The number of carbonyl (C=O) groups excluding carboxylic acids is 1. The van der Waals surface area contributed by atoms with Gasteiger partial charge in [0.1, 0.15) is 11.1 Å². The number of thiophene rings is 1. The number of unbranched alkanes of at least 4 members (excludes halogenated alkanes) is 1. The number of amides is 2. The van der Waals surface area contributed by atoms with Gasteiger partial charge in [0.2, 0.25) is 0 Å². The van der Waals surface area contributed by atoms with Crippen molar-refractivity contribution in [2.45, 2.75) is 25.9 Å². The first kappa shape index (κ1) is 29.9. The number of nitrogens with zero attached hydrogens (tertiary/aromatic N) is 2. The molecule has 7 nitrogen and oxygen atoms in total. The van der Waals surface area contributed by atoms with Crippen LogP contribution in [0.5, 0.6) is 0 Å². The summed E-state index contributed by atoms with van der Waals surface area (Å²) >= 11 is -0.245. The molecule has 4 rings (SSSR count). The van der Waals surface area contributed by atoms with Crippen LogP contribution in [-0.4, -0.2) is 65.2 Å². The Kier molecular flexibility index (Phi) is 11.0. The Balaban J connectivity index is 0.000000934. The molecule has 1 atom stereocenters. The maximum atomic E-state index is 13.0. The van der Waals surface area contributed by atoms with Crippen molar-refractivity contribution in [3.8, 4) is 0 Å². The van der Waals surface area contributed by atoms with Gasteiger partial charge < -0.3 is 20.1 Å². The minimum absolute atomic E-state index is 0.192. The van der Waals surface area contributed by atoms with Crippen molar-refractivity contribution >= 4 is 49.9 Å². The molecule has 1 unspecified atom stereocenters. The summed E-state index contributed by atoms with van der Waals surface area (Å²) in [7, 11) is 0. The third-order valence-corrected chi connectivity index (χ3v) is 7.02. The normalized spacial score (nSPS) is 15.1. The molecule has 0 bridgehead atoms. The summed E-state index contributed by atoms with van der Waals surface area (Å²) in [6.45, 7) is 7.13. The lowest BCUT2D eigenvalue weighted by Crippen LogP contribution is -2.46. The first-order chi connectivity index (χ1) is 18.0. The second-order valence-corrected chi connectivity index (χ2v) is 10.8. The fraction of sp³-hybridized carbons (Fsp3) is 0.423. The molecule has 0 spiro atoms. The number of halogens is 3. The Morgan fingerprint density at radius 2 is 1.74 bits per heavy atom. The Hall–Kier alpha value is -2.67. The SMILES string of the molecule is CS(=O)O.Cc1ccc(NC(=O)NCCCCN2CCN(c3csc4cc(C(F)(F)F)ccc34)CC2)cc1. The zero-order chi connectivity index (χ0) is 27.7. The molecule has 1 saturated heterocycles. The molecule has 1 aromatic heterocycles. The van der Waals surface area contributed by atoms with Crippen LogP contribution in [0.15, 0.2) is 47.8 Å². The monoisotopic (exact) mass is 570 g/mol. The second-order valence-electron chi connectivity index (χ2n) is 9.04. The van der Waals surface area contributed by atoms with Gasteiger partial charge in [0.15, 0.2) is 0 Å². The molecule has 12 heteroatoms. The van der Waals surface area contributed by atoms with Crippen LogP contribution in [0, 0.1) is 6.92 Å². The van der Waals surface area contributed by atoms with E-state index in [9.17, 15) is 18.0 Å². The maximum absolute atomic E-state index is 13.0. The molecule has 0 radical (unpaired) electrons. The third kappa shape index (κ3) is 9.26. The molecule has 1 aliphatic rings. The summed E-state index contributed by atoms with van der Waals surface area (Å²) in [5.74, 6) is 0. The van der Waals surface area contributed by atoms with Crippen LogP contribution in [0.4, 0.5) is 29.3 Å². The molecule has 208 valence electrons. The van der Waals surface area contributed by atoms with Gasteiger partial charge in [0, 0.05) is 60.1 Å². The lowest BCUT2D eigenvalue weighted by molar-refractivity contribution is -0.137. The van der Waals surface area contributed by atoms with Gasteiger partial charge in [-0.25, -0.2) is 9.00 Å². The number of anilines is 2. The van der Waals surface area contributed by atoms with Gasteiger partial charge in [-0.2, -0.15) is 13.2 Å². The highest BCUT2D eigenvalue weighted by Gasteiger charge is 2.31. The highest BCUT2D eigenvalue weighted by Crippen LogP contribution is 2.38. The van der Waals surface area contributed by atoms with Crippen molar-refractivity contribution in [3.63, 3.8) is 0 Å². The van der Waals surface area contributed by atoms with Crippen LogP contribution < -0.4 is 15.5 Å². The van der Waals surface area contributed by atoms with E-state index in [1.807, 2.05) is 36.6 Å². The summed E-state index contributed by atoms with van der Waals surface area (Å²) in [5, 5.41) is 8.58. The average molecular weight is 571 g/mol. The summed E-state index contributed by atoms with van der Waals surface area (Å²) in [6, 6.07) is 11.5. The molecule has 2 aromatic carbocycles. The fourth-order valence-electron chi connectivity index (χ4n) is 4.12. The van der Waals surface area contributed by atoms with Crippen molar-refractivity contribution in [2.24, 2.45) is 0 Å². The molecule has 1 aliphatic heterocycles. The molecular weight excluding hydrogens is 537 g/mol. The predicted octanol–water partition coefficient (Wildman–Crippen LogP) is 5.79. The lowest BCUT2D eigenvalue weighted by atomic mass is 10.1. The number of urea groups is 1. The van der Waals surface area contributed by atoms with E-state index in [0.29, 0.717) is 11.2 Å². The number of fused-ring (bicyclic) bond motifs is 1. The number of nitrogens with one attached hydrogen (secondary N) is 2. The third-order valence-electron chi connectivity index (χ3n) is 6.09. The van der Waals surface area contributed by atoms with Crippen molar-refractivity contribution in [1.29, 1.82) is 0 Å². The largest absolute Gasteiger partial charge is 0.416 e. The van der Waals surface area contributed by atoms with Gasteiger partial charge in [-0.3, -0.25) is 4.90 Å². The maximum Gasteiger partial charge on any atom is 0.416 e. The zero-order valence-electron chi connectivity index (χ0n) is 21.4. The van der Waals surface area contributed by atoms with E-state index in [0.717, 1.165) is 67.9 Å². The smallest absolute Gasteiger partial charge is 0.368 e.